The number of alkyl carbamates (subject to hydrolysis) is 1. The van der Waals surface area contributed by atoms with Crippen molar-refractivity contribution < 1.29 is 29.3 Å². The molecule has 8 nitrogen and oxygen atoms in total. The van der Waals surface area contributed by atoms with Gasteiger partial charge in [0.2, 0.25) is 5.91 Å². The first-order chi connectivity index (χ1) is 16.3. The Hall–Kier alpha value is -3.39. The molecule has 0 spiro atoms. The van der Waals surface area contributed by atoms with Crippen LogP contribution in [0.2, 0.25) is 0 Å². The fourth-order valence-electron chi connectivity index (χ4n) is 5.23. The number of carboxylic acids is 1. The third-order valence-electron chi connectivity index (χ3n) is 7.38. The molecule has 2 fully saturated rings. The van der Waals surface area contributed by atoms with E-state index in [1.807, 2.05) is 24.3 Å². The molecule has 2 aliphatic carbocycles. The van der Waals surface area contributed by atoms with E-state index in [2.05, 4.69) is 29.6 Å². The van der Waals surface area contributed by atoms with Crippen LogP contribution in [0.25, 0.3) is 11.1 Å². The topological polar surface area (TPSA) is 116 Å². The smallest absolute Gasteiger partial charge is 0.407 e. The number of ether oxygens (including phenoxy) is 1. The summed E-state index contributed by atoms with van der Waals surface area (Å²) in [5, 5.41) is 22.3. The molecule has 1 heterocycles. The zero-order chi connectivity index (χ0) is 23.9. The molecule has 0 bridgehead atoms. The van der Waals surface area contributed by atoms with Crippen LogP contribution in [0.1, 0.15) is 42.7 Å². The largest absolute Gasteiger partial charge is 0.479 e. The molecule has 8 heteroatoms. The van der Waals surface area contributed by atoms with Gasteiger partial charge in [-0.05, 0) is 47.9 Å². The Kier molecular flexibility index (Phi) is 5.56. The minimum absolute atomic E-state index is 0.0447. The van der Waals surface area contributed by atoms with Gasteiger partial charge in [0.25, 0.3) is 0 Å². The number of β-amino-alcohol motifs (C(OH)–C–C–N with tert-alkyl or cyclic N) is 1. The number of piperidine rings is 1. The quantitative estimate of drug-likeness (QED) is 0.605. The average Bonchev–Trinajstić information content (AvgIpc) is 3.57. The fourth-order valence-corrected chi connectivity index (χ4v) is 5.23. The van der Waals surface area contributed by atoms with Crippen LogP contribution < -0.4 is 5.32 Å². The predicted molar refractivity (Wildman–Crippen MR) is 123 cm³/mol. The summed E-state index contributed by atoms with van der Waals surface area (Å²) in [7, 11) is 0. The normalized spacial score (nSPS) is 22.4. The highest BCUT2D eigenvalue weighted by atomic mass is 16.5. The monoisotopic (exact) mass is 464 g/mol. The molecular weight excluding hydrogens is 436 g/mol. The van der Waals surface area contributed by atoms with Gasteiger partial charge in [-0.2, -0.15) is 0 Å². The van der Waals surface area contributed by atoms with Gasteiger partial charge in [0.05, 0.1) is 12.0 Å². The number of aliphatic hydroxyl groups is 1. The number of hydrogen-bond donors (Lipinski definition) is 3. The summed E-state index contributed by atoms with van der Waals surface area (Å²) in [6, 6.07) is 16.2. The Morgan fingerprint density at radius 3 is 2.21 bits per heavy atom. The van der Waals surface area contributed by atoms with E-state index in [-0.39, 0.29) is 37.9 Å². The fraction of sp³-hybridized carbons (Fsp3) is 0.423. The van der Waals surface area contributed by atoms with E-state index in [1.165, 1.54) is 4.90 Å². The van der Waals surface area contributed by atoms with E-state index in [4.69, 9.17) is 4.74 Å². The number of nitrogens with zero attached hydrogens (tertiary/aromatic N) is 1. The lowest BCUT2D eigenvalue weighted by atomic mass is 9.91. The standard InChI is InChI=1S/C26H28N2O6/c29-22(28-13-5-10-26(33,16-28)23(30)31)25(11-12-25)15-27-24(32)34-14-21-19-8-3-1-6-17(19)18-7-2-4-9-20(18)21/h1-4,6-9,21,33H,5,10-16H2,(H,27,32)(H,30,31). The first-order valence-electron chi connectivity index (χ1n) is 11.7. The number of fused-ring (bicyclic) bond motifs is 3. The maximum atomic E-state index is 13.1. The van der Waals surface area contributed by atoms with Gasteiger partial charge in [-0.3, -0.25) is 4.79 Å². The molecule has 2 aromatic carbocycles. The highest BCUT2D eigenvalue weighted by molar-refractivity contribution is 5.88. The van der Waals surface area contributed by atoms with Crippen LogP contribution in [0.15, 0.2) is 48.5 Å². The van der Waals surface area contributed by atoms with Gasteiger partial charge in [0, 0.05) is 19.0 Å². The third-order valence-corrected chi connectivity index (χ3v) is 7.38. The number of nitrogens with one attached hydrogen (secondary N) is 1. The predicted octanol–water partition coefficient (Wildman–Crippen LogP) is 2.74. The lowest BCUT2D eigenvalue weighted by Crippen LogP contribution is -2.56. The maximum Gasteiger partial charge on any atom is 0.407 e. The summed E-state index contributed by atoms with van der Waals surface area (Å²) in [6.45, 7) is 0.498. The summed E-state index contributed by atoms with van der Waals surface area (Å²) < 4.78 is 5.56. The average molecular weight is 465 g/mol. The minimum atomic E-state index is -1.91. The molecule has 3 N–H and O–H groups in total. The van der Waals surface area contributed by atoms with Gasteiger partial charge in [-0.1, -0.05) is 48.5 Å². The van der Waals surface area contributed by atoms with E-state index in [9.17, 15) is 24.6 Å². The minimum Gasteiger partial charge on any atom is -0.479 e. The molecule has 2 aromatic rings. The van der Waals surface area contributed by atoms with E-state index in [1.54, 1.807) is 0 Å². The summed E-state index contributed by atoms with van der Waals surface area (Å²) in [5.41, 5.74) is 1.89. The van der Waals surface area contributed by atoms with Crippen LogP contribution >= 0.6 is 0 Å². The van der Waals surface area contributed by atoms with Crippen molar-refractivity contribution in [1.82, 2.24) is 10.2 Å². The molecule has 1 atom stereocenters. The zero-order valence-corrected chi connectivity index (χ0v) is 18.8. The molecule has 1 aliphatic heterocycles. The molecule has 1 unspecified atom stereocenters. The number of carboxylic acid groups (broad SMARTS) is 1. The van der Waals surface area contributed by atoms with Crippen molar-refractivity contribution in [3.8, 4) is 11.1 Å². The Morgan fingerprint density at radius 1 is 1.00 bits per heavy atom. The molecule has 1 saturated carbocycles. The van der Waals surface area contributed by atoms with Crippen molar-refractivity contribution in [1.29, 1.82) is 0 Å². The maximum absolute atomic E-state index is 13.1. The van der Waals surface area contributed by atoms with Gasteiger partial charge < -0.3 is 25.2 Å². The Bertz CT molecular complexity index is 1100. The highest BCUT2D eigenvalue weighted by Crippen LogP contribution is 2.47. The third kappa shape index (κ3) is 3.92. The zero-order valence-electron chi connectivity index (χ0n) is 18.8. The van der Waals surface area contributed by atoms with Crippen LogP contribution in [-0.2, 0) is 14.3 Å². The number of likely N-dealkylation sites (tertiary alicyclic amines) is 1. The van der Waals surface area contributed by atoms with Gasteiger partial charge in [-0.25, -0.2) is 9.59 Å². The number of benzene rings is 2. The van der Waals surface area contributed by atoms with Gasteiger partial charge >= 0.3 is 12.1 Å². The molecule has 5 rings (SSSR count). The van der Waals surface area contributed by atoms with E-state index in [0.717, 1.165) is 22.3 Å². The highest BCUT2D eigenvalue weighted by Gasteiger charge is 2.54. The number of rotatable bonds is 6. The Morgan fingerprint density at radius 2 is 1.62 bits per heavy atom. The second kappa shape index (κ2) is 8.43. The number of carbonyl (C=O) groups is 3. The molecule has 0 radical (unpaired) electrons. The van der Waals surface area contributed by atoms with Crippen molar-refractivity contribution >= 4 is 18.0 Å². The van der Waals surface area contributed by atoms with Crippen molar-refractivity contribution in [3.63, 3.8) is 0 Å². The molecule has 3 aliphatic rings. The first-order valence-corrected chi connectivity index (χ1v) is 11.7. The summed E-state index contributed by atoms with van der Waals surface area (Å²) in [6.07, 6.45) is 1.18. The van der Waals surface area contributed by atoms with Crippen molar-refractivity contribution in [2.24, 2.45) is 5.41 Å². The van der Waals surface area contributed by atoms with Gasteiger partial charge in [-0.15, -0.1) is 0 Å². The molecule has 178 valence electrons. The molecule has 0 aromatic heterocycles. The summed E-state index contributed by atoms with van der Waals surface area (Å²) in [5.74, 6) is -1.57. The number of amides is 2. The number of carbonyl (C=O) groups excluding carboxylic acids is 2. The molecule has 2 amide bonds. The second-order valence-electron chi connectivity index (χ2n) is 9.63. The van der Waals surface area contributed by atoms with Crippen LogP contribution in [0.3, 0.4) is 0 Å². The summed E-state index contributed by atoms with van der Waals surface area (Å²) in [4.78, 5) is 38.4. The van der Waals surface area contributed by atoms with Gasteiger partial charge in [0.1, 0.15) is 6.61 Å². The van der Waals surface area contributed by atoms with Gasteiger partial charge in [0.15, 0.2) is 5.60 Å². The molecule has 34 heavy (non-hydrogen) atoms. The number of hydrogen-bond acceptors (Lipinski definition) is 5. The SMILES string of the molecule is O=C(NCC1(C(=O)N2CCCC(O)(C(=O)O)C2)CC1)OCC1c2ccccc2-c2ccccc21. The molecular formula is C26H28N2O6. The lowest BCUT2D eigenvalue weighted by molar-refractivity contribution is -0.167. The van der Waals surface area contributed by atoms with Crippen LogP contribution in [-0.4, -0.2) is 64.9 Å². The van der Waals surface area contributed by atoms with E-state index >= 15 is 0 Å². The first kappa shape index (κ1) is 22.4. The van der Waals surface area contributed by atoms with Crippen molar-refractivity contribution in [2.75, 3.05) is 26.2 Å². The van der Waals surface area contributed by atoms with E-state index < -0.39 is 23.1 Å². The Balaban J connectivity index is 1.18. The van der Waals surface area contributed by atoms with E-state index in [0.29, 0.717) is 25.8 Å². The summed E-state index contributed by atoms with van der Waals surface area (Å²) >= 11 is 0. The Labute approximate surface area is 197 Å². The van der Waals surface area contributed by atoms with Crippen LogP contribution in [0, 0.1) is 5.41 Å². The van der Waals surface area contributed by atoms with Crippen LogP contribution in [0.5, 0.6) is 0 Å². The molecule has 1 saturated heterocycles. The van der Waals surface area contributed by atoms with Crippen molar-refractivity contribution in [3.05, 3.63) is 59.7 Å². The number of aliphatic carboxylic acids is 1. The van der Waals surface area contributed by atoms with Crippen molar-refractivity contribution in [2.45, 2.75) is 37.2 Å². The lowest BCUT2D eigenvalue weighted by Gasteiger charge is -2.38. The second-order valence-corrected chi connectivity index (χ2v) is 9.63. The van der Waals surface area contributed by atoms with Crippen LogP contribution in [0.4, 0.5) is 4.79 Å².